The lowest BCUT2D eigenvalue weighted by Gasteiger charge is -2.08. The number of methoxy groups -OCH3 is 1. The Hall–Kier alpha value is -2.14. The van der Waals surface area contributed by atoms with Crippen molar-refractivity contribution in [3.05, 3.63) is 36.7 Å². The van der Waals surface area contributed by atoms with E-state index in [9.17, 15) is 0 Å². The van der Waals surface area contributed by atoms with Gasteiger partial charge >= 0.3 is 0 Å². The number of aromatic nitrogens is 2. The second-order valence-electron chi connectivity index (χ2n) is 3.87. The molecule has 5 nitrogen and oxygen atoms in total. The summed E-state index contributed by atoms with van der Waals surface area (Å²) in [7, 11) is 3.48. The number of rotatable bonds is 6. The molecule has 0 atom stereocenters. The molecule has 100 valence electrons. The van der Waals surface area contributed by atoms with Crippen molar-refractivity contribution >= 4 is 5.82 Å². The average molecular weight is 259 g/mol. The van der Waals surface area contributed by atoms with Crippen LogP contribution in [-0.2, 0) is 4.74 Å². The molecule has 1 aromatic heterocycles. The Morgan fingerprint density at radius 3 is 2.47 bits per heavy atom. The molecule has 0 bridgehead atoms. The molecule has 0 amide bonds. The quantitative estimate of drug-likeness (QED) is 0.806. The first-order chi connectivity index (χ1) is 9.35. The van der Waals surface area contributed by atoms with Crippen molar-refractivity contribution in [2.24, 2.45) is 0 Å². The van der Waals surface area contributed by atoms with E-state index in [2.05, 4.69) is 15.3 Å². The van der Waals surface area contributed by atoms with Crippen molar-refractivity contribution < 1.29 is 9.47 Å². The minimum absolute atomic E-state index is 0.544. The second-order valence-corrected chi connectivity index (χ2v) is 3.87. The van der Waals surface area contributed by atoms with E-state index in [1.54, 1.807) is 19.5 Å². The summed E-state index contributed by atoms with van der Waals surface area (Å²) in [4.78, 5) is 8.57. The largest absolute Gasteiger partial charge is 0.491 e. The highest BCUT2D eigenvalue weighted by Crippen LogP contribution is 2.25. The fourth-order valence-electron chi connectivity index (χ4n) is 1.68. The highest BCUT2D eigenvalue weighted by Gasteiger charge is 2.06. The number of nitrogens with one attached hydrogen (secondary N) is 1. The van der Waals surface area contributed by atoms with Crippen molar-refractivity contribution in [3.8, 4) is 17.0 Å². The minimum atomic E-state index is 0.544. The Morgan fingerprint density at radius 2 is 1.79 bits per heavy atom. The van der Waals surface area contributed by atoms with Crippen LogP contribution in [0, 0.1) is 0 Å². The van der Waals surface area contributed by atoms with Gasteiger partial charge in [0.2, 0.25) is 0 Å². The monoisotopic (exact) mass is 259 g/mol. The zero-order valence-corrected chi connectivity index (χ0v) is 11.1. The molecule has 0 unspecified atom stereocenters. The lowest BCUT2D eigenvalue weighted by molar-refractivity contribution is 0.146. The Balaban J connectivity index is 2.13. The molecule has 19 heavy (non-hydrogen) atoms. The summed E-state index contributed by atoms with van der Waals surface area (Å²) >= 11 is 0. The smallest absolute Gasteiger partial charge is 0.152 e. The molecule has 0 aliphatic carbocycles. The fourth-order valence-corrected chi connectivity index (χ4v) is 1.68. The highest BCUT2D eigenvalue weighted by atomic mass is 16.5. The molecule has 0 spiro atoms. The van der Waals surface area contributed by atoms with Crippen LogP contribution >= 0.6 is 0 Å². The molecule has 1 aromatic carbocycles. The van der Waals surface area contributed by atoms with Crippen LogP contribution in [0.15, 0.2) is 36.7 Å². The molecule has 0 saturated carbocycles. The van der Waals surface area contributed by atoms with Crippen LogP contribution in [0.2, 0.25) is 0 Å². The van der Waals surface area contributed by atoms with Gasteiger partial charge in [0.15, 0.2) is 5.82 Å². The third-order valence-electron chi connectivity index (χ3n) is 2.62. The normalized spacial score (nSPS) is 10.2. The first-order valence-corrected chi connectivity index (χ1v) is 6.06. The third kappa shape index (κ3) is 3.42. The Morgan fingerprint density at radius 1 is 1.05 bits per heavy atom. The molecule has 0 fully saturated rings. The SMILES string of the molecule is CNc1nccnc1-c1ccc(OCCOC)cc1. The summed E-state index contributed by atoms with van der Waals surface area (Å²) in [6, 6.07) is 7.76. The summed E-state index contributed by atoms with van der Waals surface area (Å²) in [6.07, 6.45) is 3.34. The molecule has 5 heteroatoms. The number of ether oxygens (including phenoxy) is 2. The second kappa shape index (κ2) is 6.70. The summed E-state index contributed by atoms with van der Waals surface area (Å²) in [5.74, 6) is 1.58. The van der Waals surface area contributed by atoms with Gasteiger partial charge in [-0.05, 0) is 24.3 Å². The van der Waals surface area contributed by atoms with Crippen LogP contribution in [0.4, 0.5) is 5.82 Å². The molecule has 0 radical (unpaired) electrons. The summed E-state index contributed by atoms with van der Waals surface area (Å²) < 4.78 is 10.5. The van der Waals surface area contributed by atoms with Gasteiger partial charge in [-0.2, -0.15) is 0 Å². The number of anilines is 1. The highest BCUT2D eigenvalue weighted by molar-refractivity contribution is 5.71. The molecule has 0 aliphatic rings. The van der Waals surface area contributed by atoms with Gasteiger partial charge in [0.25, 0.3) is 0 Å². The number of nitrogens with zero attached hydrogens (tertiary/aromatic N) is 2. The summed E-state index contributed by atoms with van der Waals surface area (Å²) in [5, 5.41) is 3.03. The van der Waals surface area contributed by atoms with Crippen molar-refractivity contribution in [2.75, 3.05) is 32.7 Å². The Labute approximate surface area is 112 Å². The first kappa shape index (κ1) is 13.3. The van der Waals surface area contributed by atoms with E-state index in [1.165, 1.54) is 0 Å². The van der Waals surface area contributed by atoms with Gasteiger partial charge in [-0.15, -0.1) is 0 Å². The number of hydrogen-bond acceptors (Lipinski definition) is 5. The molecule has 2 rings (SSSR count). The van der Waals surface area contributed by atoms with Crippen LogP contribution in [0.25, 0.3) is 11.3 Å². The lowest BCUT2D eigenvalue weighted by atomic mass is 10.1. The van der Waals surface area contributed by atoms with E-state index in [1.807, 2.05) is 31.3 Å². The van der Waals surface area contributed by atoms with Gasteiger partial charge in [0, 0.05) is 32.1 Å². The number of benzene rings is 1. The maximum atomic E-state index is 5.52. The Kier molecular flexibility index (Phi) is 4.69. The van der Waals surface area contributed by atoms with Crippen molar-refractivity contribution in [1.29, 1.82) is 0 Å². The fraction of sp³-hybridized carbons (Fsp3) is 0.286. The van der Waals surface area contributed by atoms with Crippen LogP contribution in [0.3, 0.4) is 0 Å². The number of hydrogen-bond donors (Lipinski definition) is 1. The van der Waals surface area contributed by atoms with E-state index in [0.29, 0.717) is 13.2 Å². The molecular formula is C14H17N3O2. The lowest BCUT2D eigenvalue weighted by Crippen LogP contribution is -2.04. The Bertz CT molecular complexity index is 514. The zero-order valence-electron chi connectivity index (χ0n) is 11.1. The average Bonchev–Trinajstić information content (AvgIpc) is 2.48. The molecular weight excluding hydrogens is 242 g/mol. The molecule has 0 saturated heterocycles. The van der Waals surface area contributed by atoms with Gasteiger partial charge in [0.05, 0.1) is 6.61 Å². The molecule has 2 aromatic rings. The molecule has 1 N–H and O–H groups in total. The van der Waals surface area contributed by atoms with Gasteiger partial charge in [-0.3, -0.25) is 4.98 Å². The summed E-state index contributed by atoms with van der Waals surface area (Å²) in [6.45, 7) is 1.12. The van der Waals surface area contributed by atoms with E-state index in [0.717, 1.165) is 22.8 Å². The molecule has 0 aliphatic heterocycles. The van der Waals surface area contributed by atoms with Crippen molar-refractivity contribution in [1.82, 2.24) is 9.97 Å². The molecule has 1 heterocycles. The predicted molar refractivity (Wildman–Crippen MR) is 74.4 cm³/mol. The third-order valence-corrected chi connectivity index (χ3v) is 2.62. The maximum absolute atomic E-state index is 5.52. The van der Waals surface area contributed by atoms with E-state index in [4.69, 9.17) is 9.47 Å². The van der Waals surface area contributed by atoms with Crippen molar-refractivity contribution in [3.63, 3.8) is 0 Å². The van der Waals surface area contributed by atoms with Gasteiger partial charge in [-0.1, -0.05) is 0 Å². The zero-order chi connectivity index (χ0) is 13.5. The van der Waals surface area contributed by atoms with Gasteiger partial charge < -0.3 is 14.8 Å². The van der Waals surface area contributed by atoms with Crippen LogP contribution < -0.4 is 10.1 Å². The van der Waals surface area contributed by atoms with Gasteiger partial charge in [-0.25, -0.2) is 4.98 Å². The van der Waals surface area contributed by atoms with Gasteiger partial charge in [0.1, 0.15) is 18.1 Å². The van der Waals surface area contributed by atoms with Crippen LogP contribution in [0.1, 0.15) is 0 Å². The minimum Gasteiger partial charge on any atom is -0.491 e. The predicted octanol–water partition coefficient (Wildman–Crippen LogP) is 2.21. The first-order valence-electron chi connectivity index (χ1n) is 6.06. The van der Waals surface area contributed by atoms with E-state index >= 15 is 0 Å². The maximum Gasteiger partial charge on any atom is 0.152 e. The van der Waals surface area contributed by atoms with E-state index in [-0.39, 0.29) is 0 Å². The van der Waals surface area contributed by atoms with E-state index < -0.39 is 0 Å². The summed E-state index contributed by atoms with van der Waals surface area (Å²) in [5.41, 5.74) is 1.82. The van der Waals surface area contributed by atoms with Crippen molar-refractivity contribution in [2.45, 2.75) is 0 Å². The standard InChI is InChI=1S/C14H17N3O2/c1-15-14-13(16-7-8-17-14)11-3-5-12(6-4-11)19-10-9-18-2/h3-8H,9-10H2,1-2H3,(H,15,17). The van der Waals surface area contributed by atoms with Crippen LogP contribution in [0.5, 0.6) is 5.75 Å². The van der Waals surface area contributed by atoms with Crippen LogP contribution in [-0.4, -0.2) is 37.3 Å². The topological polar surface area (TPSA) is 56.3 Å².